The number of piperidine rings is 3. The topological polar surface area (TPSA) is 91.6 Å². The van der Waals surface area contributed by atoms with Crippen LogP contribution < -0.4 is 10.6 Å². The van der Waals surface area contributed by atoms with Crippen molar-refractivity contribution in [3.05, 3.63) is 30.4 Å². The molecule has 5 heterocycles. The van der Waals surface area contributed by atoms with Gasteiger partial charge in [-0.3, -0.25) is 14.0 Å². The second kappa shape index (κ2) is 7.67. The molecule has 2 bridgehead atoms. The third kappa shape index (κ3) is 3.24. The van der Waals surface area contributed by atoms with E-state index in [2.05, 4.69) is 25.5 Å². The van der Waals surface area contributed by atoms with Gasteiger partial charge in [0, 0.05) is 44.1 Å². The minimum Gasteiger partial charge on any atom is -0.349 e. The molecule has 0 saturated carbocycles. The van der Waals surface area contributed by atoms with Crippen LogP contribution in [0.4, 0.5) is 0 Å². The Morgan fingerprint density at radius 2 is 2.18 bits per heavy atom. The molecule has 8 nitrogen and oxygen atoms in total. The number of nitrogens with zero attached hydrogens (tertiary/aromatic N) is 4. The van der Waals surface area contributed by atoms with Crippen molar-refractivity contribution in [2.45, 2.75) is 37.8 Å². The molecule has 0 aromatic carbocycles. The van der Waals surface area contributed by atoms with Gasteiger partial charge in [-0.05, 0) is 43.7 Å². The molecule has 3 saturated heterocycles. The molecule has 4 atom stereocenters. The lowest BCUT2D eigenvalue weighted by atomic mass is 9.72. The van der Waals surface area contributed by atoms with Crippen LogP contribution in [0.5, 0.6) is 0 Å². The summed E-state index contributed by atoms with van der Waals surface area (Å²) in [7, 11) is 0. The van der Waals surface area contributed by atoms with Crippen molar-refractivity contribution in [3.8, 4) is 0 Å². The summed E-state index contributed by atoms with van der Waals surface area (Å²) in [4.78, 5) is 35.8. The molecular formula is C19H25ClN6O2. The largest absolute Gasteiger partial charge is 0.349 e. The predicted molar refractivity (Wildman–Crippen MR) is 105 cm³/mol. The van der Waals surface area contributed by atoms with E-state index in [1.165, 1.54) is 0 Å². The summed E-state index contributed by atoms with van der Waals surface area (Å²) in [5.74, 6) is 1.48. The van der Waals surface area contributed by atoms with Gasteiger partial charge in [0.05, 0.1) is 6.04 Å². The second-order valence-electron chi connectivity index (χ2n) is 7.91. The van der Waals surface area contributed by atoms with Gasteiger partial charge in [0.15, 0.2) is 0 Å². The van der Waals surface area contributed by atoms with Crippen molar-refractivity contribution in [2.24, 2.45) is 11.8 Å². The van der Waals surface area contributed by atoms with E-state index in [0.717, 1.165) is 32.4 Å². The summed E-state index contributed by atoms with van der Waals surface area (Å²) >= 11 is 0. The molecule has 2 N–H and O–H groups in total. The molecular weight excluding hydrogens is 380 g/mol. The monoisotopic (exact) mass is 404 g/mol. The highest BCUT2D eigenvalue weighted by atomic mass is 35.5. The van der Waals surface area contributed by atoms with Crippen LogP contribution in [0.15, 0.2) is 24.7 Å². The Morgan fingerprint density at radius 1 is 1.32 bits per heavy atom. The Morgan fingerprint density at radius 3 is 3.04 bits per heavy atom. The molecule has 0 unspecified atom stereocenters. The first-order valence-electron chi connectivity index (χ1n) is 9.80. The van der Waals surface area contributed by atoms with Gasteiger partial charge in [-0.25, -0.2) is 9.97 Å². The highest BCUT2D eigenvalue weighted by molar-refractivity contribution is 5.92. The summed E-state index contributed by atoms with van der Waals surface area (Å²) in [6, 6.07) is 2.18. The maximum atomic E-state index is 12.7. The summed E-state index contributed by atoms with van der Waals surface area (Å²) < 4.78 is 1.73. The lowest BCUT2D eigenvalue weighted by molar-refractivity contribution is -0.148. The van der Waals surface area contributed by atoms with E-state index in [0.29, 0.717) is 42.3 Å². The second-order valence-corrected chi connectivity index (χ2v) is 7.91. The fraction of sp³-hybridized carbons (Fsp3) is 0.579. The standard InChI is InChI=1S/C19H24N6O2.ClH/c26-17-4-1-3-15-12-7-13(9-20-8-12)16(25(15)17)10-22-18(27)14-11-24-6-2-5-21-19(24)23-14;/h2,5-6,11-13,15-16,20H,1,3-4,7-10H2,(H,22,27);1H/t12-,13+,15+,16+;/m1./s1. The van der Waals surface area contributed by atoms with Crippen molar-refractivity contribution < 1.29 is 9.59 Å². The lowest BCUT2D eigenvalue weighted by Crippen LogP contribution is -2.66. The minimum absolute atomic E-state index is 0. The number of hydrogen-bond acceptors (Lipinski definition) is 5. The summed E-state index contributed by atoms with van der Waals surface area (Å²) in [5.41, 5.74) is 0.352. The van der Waals surface area contributed by atoms with Crippen molar-refractivity contribution in [1.82, 2.24) is 29.9 Å². The van der Waals surface area contributed by atoms with Crippen molar-refractivity contribution >= 4 is 30.0 Å². The van der Waals surface area contributed by atoms with Gasteiger partial charge in [0.2, 0.25) is 11.7 Å². The summed E-state index contributed by atoms with van der Waals surface area (Å²) in [6.45, 7) is 2.38. The van der Waals surface area contributed by atoms with Gasteiger partial charge >= 0.3 is 0 Å². The number of carbonyl (C=O) groups excluding carboxylic acids is 2. The summed E-state index contributed by atoms with van der Waals surface area (Å²) in [6.07, 6.45) is 8.98. The van der Waals surface area contributed by atoms with Crippen molar-refractivity contribution in [3.63, 3.8) is 0 Å². The first kappa shape index (κ1) is 19.1. The van der Waals surface area contributed by atoms with E-state index in [1.807, 2.05) is 6.20 Å². The molecule has 2 aromatic heterocycles. The van der Waals surface area contributed by atoms with E-state index < -0.39 is 0 Å². The zero-order chi connectivity index (χ0) is 18.4. The molecule has 2 amide bonds. The smallest absolute Gasteiger partial charge is 0.271 e. The molecule has 5 rings (SSSR count). The molecule has 2 aromatic rings. The van der Waals surface area contributed by atoms with Crippen molar-refractivity contribution in [2.75, 3.05) is 19.6 Å². The van der Waals surface area contributed by atoms with Gasteiger partial charge in [-0.2, -0.15) is 0 Å². The Kier molecular flexibility index (Phi) is 5.25. The highest BCUT2D eigenvalue weighted by Gasteiger charge is 2.47. The molecule has 28 heavy (non-hydrogen) atoms. The van der Waals surface area contributed by atoms with Gasteiger partial charge < -0.3 is 15.5 Å². The molecule has 0 aliphatic carbocycles. The molecule has 0 radical (unpaired) electrons. The van der Waals surface area contributed by atoms with Crippen molar-refractivity contribution in [1.29, 1.82) is 0 Å². The number of aromatic nitrogens is 3. The number of amides is 2. The molecule has 0 spiro atoms. The molecule has 3 fully saturated rings. The fourth-order valence-electron chi connectivity index (χ4n) is 5.12. The Bertz CT molecular complexity index is 853. The average Bonchev–Trinajstić information content (AvgIpc) is 3.13. The molecule has 3 aliphatic rings. The number of imidazole rings is 1. The van der Waals surface area contributed by atoms with Crippen LogP contribution >= 0.6 is 12.4 Å². The summed E-state index contributed by atoms with van der Waals surface area (Å²) in [5, 5.41) is 6.55. The quantitative estimate of drug-likeness (QED) is 0.792. The van der Waals surface area contributed by atoms with Crippen LogP contribution in [0.2, 0.25) is 0 Å². The van der Waals surface area contributed by atoms with E-state index in [1.54, 1.807) is 22.9 Å². The zero-order valence-corrected chi connectivity index (χ0v) is 16.4. The number of nitrogens with one attached hydrogen (secondary N) is 2. The Balaban J connectivity index is 0.00000192. The molecule has 3 aliphatic heterocycles. The van der Waals surface area contributed by atoms with Gasteiger partial charge in [0.1, 0.15) is 5.69 Å². The zero-order valence-electron chi connectivity index (χ0n) is 15.6. The van der Waals surface area contributed by atoms with Gasteiger partial charge in [0.25, 0.3) is 5.91 Å². The van der Waals surface area contributed by atoms with E-state index in [9.17, 15) is 9.59 Å². The average molecular weight is 405 g/mol. The highest BCUT2D eigenvalue weighted by Crippen LogP contribution is 2.39. The molecule has 150 valence electrons. The maximum Gasteiger partial charge on any atom is 0.271 e. The van der Waals surface area contributed by atoms with Gasteiger partial charge in [-0.15, -0.1) is 12.4 Å². The number of hydrogen-bond donors (Lipinski definition) is 2. The van der Waals surface area contributed by atoms with Crippen LogP contribution in [0, 0.1) is 11.8 Å². The third-order valence-corrected chi connectivity index (χ3v) is 6.34. The maximum absolute atomic E-state index is 12.7. The Labute approximate surface area is 169 Å². The van der Waals surface area contributed by atoms with E-state index in [-0.39, 0.29) is 30.3 Å². The molecule has 9 heteroatoms. The van der Waals surface area contributed by atoms with Crippen LogP contribution in [0.1, 0.15) is 36.2 Å². The number of rotatable bonds is 3. The Hall–Kier alpha value is -2.19. The number of fused-ring (bicyclic) bond motifs is 5. The minimum atomic E-state index is -0.215. The van der Waals surface area contributed by atoms with Crippen LogP contribution in [0.25, 0.3) is 5.78 Å². The SMILES string of the molecule is Cl.O=C(NC[C@H]1[C@@H]2CNC[C@@H](C2)[C@@H]2CCCC(=O)N21)c1cn2cccnc2n1. The van der Waals surface area contributed by atoms with Crippen LogP contribution in [-0.4, -0.2) is 62.8 Å². The number of halogens is 1. The van der Waals surface area contributed by atoms with Gasteiger partial charge in [-0.1, -0.05) is 0 Å². The van der Waals surface area contributed by atoms with Crippen LogP contribution in [-0.2, 0) is 4.79 Å². The first-order valence-corrected chi connectivity index (χ1v) is 9.80. The van der Waals surface area contributed by atoms with E-state index in [4.69, 9.17) is 0 Å². The lowest BCUT2D eigenvalue weighted by Gasteiger charge is -2.54. The fourth-order valence-corrected chi connectivity index (χ4v) is 5.12. The third-order valence-electron chi connectivity index (χ3n) is 6.34. The number of carbonyl (C=O) groups is 2. The van der Waals surface area contributed by atoms with E-state index >= 15 is 0 Å². The predicted octanol–water partition coefficient (Wildman–Crippen LogP) is 0.870. The normalized spacial score (nSPS) is 29.1. The first-order chi connectivity index (χ1) is 13.2. The van der Waals surface area contributed by atoms with Crippen LogP contribution in [0.3, 0.4) is 0 Å².